The van der Waals surface area contributed by atoms with Crippen LogP contribution >= 0.6 is 0 Å². The fourth-order valence-corrected chi connectivity index (χ4v) is 1.49. The first-order chi connectivity index (χ1) is 8.49. The zero-order valence-corrected chi connectivity index (χ0v) is 9.88. The van der Waals surface area contributed by atoms with E-state index in [1.807, 2.05) is 0 Å². The van der Waals surface area contributed by atoms with E-state index < -0.39 is 6.43 Å². The average Bonchev–Trinajstić information content (AvgIpc) is 2.72. The van der Waals surface area contributed by atoms with Crippen molar-refractivity contribution in [2.75, 3.05) is 0 Å². The van der Waals surface area contributed by atoms with Crippen molar-refractivity contribution >= 4 is 0 Å². The maximum Gasteiger partial charge on any atom is 0.280 e. The Morgan fingerprint density at radius 2 is 2.06 bits per heavy atom. The first kappa shape index (κ1) is 12.5. The van der Waals surface area contributed by atoms with E-state index in [-0.39, 0.29) is 17.6 Å². The molecule has 0 radical (unpaired) electrons. The molecule has 0 aliphatic rings. The minimum atomic E-state index is -2.66. The van der Waals surface area contributed by atoms with Crippen LogP contribution in [0.2, 0.25) is 0 Å². The first-order valence-electron chi connectivity index (χ1n) is 5.28. The van der Waals surface area contributed by atoms with Crippen LogP contribution in [-0.4, -0.2) is 24.7 Å². The Balaban J connectivity index is 2.51. The number of hydrogen-bond acceptors (Lipinski definition) is 5. The second kappa shape index (κ2) is 4.73. The number of rotatable bonds is 3. The highest BCUT2D eigenvalue weighted by atomic mass is 19.3. The monoisotopic (exact) mass is 254 g/mol. The van der Waals surface area contributed by atoms with E-state index in [2.05, 4.69) is 20.1 Å². The number of nitrogens with zero attached hydrogens (tertiary/aromatic N) is 5. The highest BCUT2D eigenvalue weighted by molar-refractivity contribution is 5.25. The van der Waals surface area contributed by atoms with E-state index in [1.165, 1.54) is 10.7 Å². The maximum absolute atomic E-state index is 12.6. The van der Waals surface area contributed by atoms with Crippen LogP contribution in [0.1, 0.15) is 36.7 Å². The molecule has 6 nitrogen and oxygen atoms in total. The molecule has 0 aliphatic heterocycles. The third kappa shape index (κ3) is 2.33. The lowest BCUT2D eigenvalue weighted by atomic mass is 10.3. The minimum absolute atomic E-state index is 0.230. The summed E-state index contributed by atoms with van der Waals surface area (Å²) in [5, 5.41) is 4.09. The number of alkyl halides is 2. The van der Waals surface area contributed by atoms with Gasteiger partial charge in [-0.15, -0.1) is 5.10 Å². The van der Waals surface area contributed by atoms with E-state index in [0.717, 1.165) is 6.33 Å². The standard InChI is InChI=1S/C10H12F2N6/c1-5(13)10-16-6(2)17-18(10)8-3-7(9(11)12)14-4-15-8/h3-5,9H,13H2,1-2H3/t5-/m0/s1. The molecule has 2 aromatic rings. The Morgan fingerprint density at radius 1 is 1.33 bits per heavy atom. The Kier molecular flexibility index (Phi) is 3.28. The van der Waals surface area contributed by atoms with Gasteiger partial charge in [0.15, 0.2) is 11.6 Å². The summed E-state index contributed by atoms with van der Waals surface area (Å²) >= 11 is 0. The molecule has 0 amide bonds. The minimum Gasteiger partial charge on any atom is -0.322 e. The van der Waals surface area contributed by atoms with Crippen molar-refractivity contribution in [1.82, 2.24) is 24.7 Å². The molecule has 0 unspecified atom stereocenters. The molecule has 0 saturated heterocycles. The molecule has 2 heterocycles. The van der Waals surface area contributed by atoms with Crippen molar-refractivity contribution in [2.45, 2.75) is 26.3 Å². The zero-order valence-electron chi connectivity index (χ0n) is 9.88. The fourth-order valence-electron chi connectivity index (χ4n) is 1.49. The van der Waals surface area contributed by atoms with Gasteiger partial charge < -0.3 is 5.73 Å². The van der Waals surface area contributed by atoms with Crippen LogP contribution in [0.5, 0.6) is 0 Å². The van der Waals surface area contributed by atoms with Crippen LogP contribution in [0.15, 0.2) is 12.4 Å². The molecule has 0 aliphatic carbocycles. The summed E-state index contributed by atoms with van der Waals surface area (Å²) < 4.78 is 26.5. The predicted molar refractivity (Wildman–Crippen MR) is 59.2 cm³/mol. The second-order valence-electron chi connectivity index (χ2n) is 3.82. The van der Waals surface area contributed by atoms with Gasteiger partial charge in [-0.2, -0.15) is 4.68 Å². The third-order valence-corrected chi connectivity index (χ3v) is 2.26. The Bertz CT molecular complexity index is 551. The lowest BCUT2D eigenvalue weighted by molar-refractivity contribution is 0.146. The van der Waals surface area contributed by atoms with Gasteiger partial charge in [0, 0.05) is 6.07 Å². The summed E-state index contributed by atoms with van der Waals surface area (Å²) in [6.07, 6.45) is -1.59. The molecular weight excluding hydrogens is 242 g/mol. The van der Waals surface area contributed by atoms with E-state index >= 15 is 0 Å². The molecule has 2 aromatic heterocycles. The van der Waals surface area contributed by atoms with Crippen molar-refractivity contribution in [3.63, 3.8) is 0 Å². The van der Waals surface area contributed by atoms with Gasteiger partial charge in [0.1, 0.15) is 17.8 Å². The molecule has 2 N–H and O–H groups in total. The summed E-state index contributed by atoms with van der Waals surface area (Å²) in [6, 6.07) is 0.793. The van der Waals surface area contributed by atoms with Gasteiger partial charge in [0.2, 0.25) is 0 Å². The molecule has 18 heavy (non-hydrogen) atoms. The third-order valence-electron chi connectivity index (χ3n) is 2.26. The Labute approximate surface area is 102 Å². The summed E-state index contributed by atoms with van der Waals surface area (Å²) in [4.78, 5) is 11.5. The summed E-state index contributed by atoms with van der Waals surface area (Å²) in [7, 11) is 0. The van der Waals surface area contributed by atoms with Crippen LogP contribution in [0.4, 0.5) is 8.78 Å². The zero-order chi connectivity index (χ0) is 13.3. The van der Waals surface area contributed by atoms with Gasteiger partial charge in [0.05, 0.1) is 6.04 Å². The molecule has 0 fully saturated rings. The smallest absolute Gasteiger partial charge is 0.280 e. The van der Waals surface area contributed by atoms with Crippen LogP contribution in [0, 0.1) is 6.92 Å². The first-order valence-corrected chi connectivity index (χ1v) is 5.28. The van der Waals surface area contributed by atoms with Gasteiger partial charge in [-0.3, -0.25) is 0 Å². The molecule has 1 atom stereocenters. The molecule has 2 rings (SSSR count). The molecule has 0 saturated carbocycles. The lowest BCUT2D eigenvalue weighted by Gasteiger charge is -2.08. The molecule has 0 aromatic carbocycles. The summed E-state index contributed by atoms with van der Waals surface area (Å²) in [6.45, 7) is 3.42. The second-order valence-corrected chi connectivity index (χ2v) is 3.82. The maximum atomic E-state index is 12.6. The number of halogens is 2. The van der Waals surface area contributed by atoms with Crippen molar-refractivity contribution in [1.29, 1.82) is 0 Å². The van der Waals surface area contributed by atoms with Gasteiger partial charge in [-0.1, -0.05) is 0 Å². The lowest BCUT2D eigenvalue weighted by Crippen LogP contribution is -2.14. The summed E-state index contributed by atoms with van der Waals surface area (Å²) in [5.41, 5.74) is 5.39. The predicted octanol–water partition coefficient (Wildman–Crippen LogP) is 1.32. The van der Waals surface area contributed by atoms with Gasteiger partial charge in [-0.25, -0.2) is 23.7 Å². The molecule has 0 bridgehead atoms. The number of aromatic nitrogens is 5. The van der Waals surface area contributed by atoms with E-state index in [4.69, 9.17) is 5.73 Å². The van der Waals surface area contributed by atoms with Crippen LogP contribution in [0.3, 0.4) is 0 Å². The van der Waals surface area contributed by atoms with E-state index in [1.54, 1.807) is 13.8 Å². The highest BCUT2D eigenvalue weighted by Crippen LogP contribution is 2.18. The van der Waals surface area contributed by atoms with Crippen LogP contribution in [-0.2, 0) is 0 Å². The average molecular weight is 254 g/mol. The van der Waals surface area contributed by atoms with E-state index in [0.29, 0.717) is 11.6 Å². The Hall–Kier alpha value is -1.96. The van der Waals surface area contributed by atoms with Crippen molar-refractivity contribution in [3.8, 4) is 5.82 Å². The largest absolute Gasteiger partial charge is 0.322 e. The highest BCUT2D eigenvalue weighted by Gasteiger charge is 2.16. The number of hydrogen-bond donors (Lipinski definition) is 1. The number of aryl methyl sites for hydroxylation is 1. The Morgan fingerprint density at radius 3 is 2.67 bits per heavy atom. The SMILES string of the molecule is Cc1nc([C@H](C)N)n(-c2cc(C(F)F)ncn2)n1. The van der Waals surface area contributed by atoms with E-state index in [9.17, 15) is 8.78 Å². The molecule has 0 spiro atoms. The molecule has 96 valence electrons. The van der Waals surface area contributed by atoms with Crippen LogP contribution in [0.25, 0.3) is 5.82 Å². The van der Waals surface area contributed by atoms with Gasteiger partial charge >= 0.3 is 0 Å². The molecular formula is C10H12F2N6. The van der Waals surface area contributed by atoms with Gasteiger partial charge in [0.25, 0.3) is 6.43 Å². The van der Waals surface area contributed by atoms with Crippen molar-refractivity contribution in [2.24, 2.45) is 5.73 Å². The van der Waals surface area contributed by atoms with Gasteiger partial charge in [-0.05, 0) is 13.8 Å². The van der Waals surface area contributed by atoms with Crippen LogP contribution < -0.4 is 5.73 Å². The molecule has 8 heteroatoms. The summed E-state index contributed by atoms with van der Waals surface area (Å²) in [5.74, 6) is 1.19. The fraction of sp³-hybridized carbons (Fsp3) is 0.400. The normalized spacial score (nSPS) is 13.0. The topological polar surface area (TPSA) is 82.5 Å². The van der Waals surface area contributed by atoms with Crippen molar-refractivity contribution in [3.05, 3.63) is 29.7 Å². The number of nitrogens with two attached hydrogens (primary N) is 1. The quantitative estimate of drug-likeness (QED) is 0.893. The van der Waals surface area contributed by atoms with Crippen molar-refractivity contribution < 1.29 is 8.78 Å².